The van der Waals surface area contributed by atoms with Gasteiger partial charge >= 0.3 is 5.97 Å². The van der Waals surface area contributed by atoms with E-state index in [0.29, 0.717) is 38.0 Å². The fraction of sp³-hybridized carbons (Fsp3) is 0.727. The van der Waals surface area contributed by atoms with Crippen LogP contribution >= 0.6 is 0 Å². The summed E-state index contributed by atoms with van der Waals surface area (Å²) in [6.45, 7) is 3.53. The van der Waals surface area contributed by atoms with Crippen LogP contribution in [0.1, 0.15) is 19.8 Å². The van der Waals surface area contributed by atoms with Gasteiger partial charge in [0.2, 0.25) is 0 Å². The van der Waals surface area contributed by atoms with Crippen molar-refractivity contribution < 1.29 is 18.3 Å². The maximum absolute atomic E-state index is 11.4. The minimum atomic E-state index is -2.89. The molecule has 17 heavy (non-hydrogen) atoms. The molecule has 1 heterocycles. The van der Waals surface area contributed by atoms with Crippen LogP contribution in [0.25, 0.3) is 0 Å². The Kier molecular flexibility index (Phi) is 5.14. The standard InChI is InChI=1S/C11H19NO4S/c1-2-10(11(13)14)4-6-12-5-3-8-17(15,16)9-7-12/h4H,2-3,5-9H2,1H3,(H,13,14). The molecule has 1 fully saturated rings. The number of aliphatic carboxylic acids is 1. The second kappa shape index (κ2) is 6.16. The Morgan fingerprint density at radius 1 is 1.35 bits per heavy atom. The van der Waals surface area contributed by atoms with Crippen LogP contribution in [0.15, 0.2) is 11.6 Å². The molecule has 5 nitrogen and oxygen atoms in total. The van der Waals surface area contributed by atoms with Crippen molar-refractivity contribution in [3.05, 3.63) is 11.6 Å². The zero-order valence-electron chi connectivity index (χ0n) is 10.1. The van der Waals surface area contributed by atoms with Crippen molar-refractivity contribution in [2.45, 2.75) is 19.8 Å². The van der Waals surface area contributed by atoms with E-state index < -0.39 is 15.8 Å². The van der Waals surface area contributed by atoms with E-state index >= 15 is 0 Å². The van der Waals surface area contributed by atoms with E-state index in [-0.39, 0.29) is 11.5 Å². The largest absolute Gasteiger partial charge is 0.478 e. The van der Waals surface area contributed by atoms with Gasteiger partial charge in [0.05, 0.1) is 11.5 Å². The van der Waals surface area contributed by atoms with Gasteiger partial charge in [-0.1, -0.05) is 13.0 Å². The van der Waals surface area contributed by atoms with Gasteiger partial charge in [0.25, 0.3) is 0 Å². The maximum Gasteiger partial charge on any atom is 0.331 e. The maximum atomic E-state index is 11.4. The minimum absolute atomic E-state index is 0.176. The lowest BCUT2D eigenvalue weighted by atomic mass is 10.2. The quantitative estimate of drug-likeness (QED) is 0.747. The Hall–Kier alpha value is -0.880. The molecule has 1 aliphatic heterocycles. The number of carbonyl (C=O) groups is 1. The smallest absolute Gasteiger partial charge is 0.331 e. The van der Waals surface area contributed by atoms with Crippen molar-refractivity contribution in [1.82, 2.24) is 4.90 Å². The Balaban J connectivity index is 2.55. The molecule has 0 unspecified atom stereocenters. The van der Waals surface area contributed by atoms with Gasteiger partial charge < -0.3 is 5.11 Å². The van der Waals surface area contributed by atoms with Crippen molar-refractivity contribution >= 4 is 15.8 Å². The fourth-order valence-electron chi connectivity index (χ4n) is 1.79. The molecular weight excluding hydrogens is 242 g/mol. The van der Waals surface area contributed by atoms with Crippen LogP contribution in [-0.2, 0) is 14.6 Å². The molecule has 0 atom stereocenters. The van der Waals surface area contributed by atoms with Gasteiger partial charge in [-0.2, -0.15) is 0 Å². The summed E-state index contributed by atoms with van der Waals surface area (Å²) in [6.07, 6.45) is 2.80. The van der Waals surface area contributed by atoms with Crippen LogP contribution < -0.4 is 0 Å². The Labute approximate surface area is 102 Å². The molecule has 0 radical (unpaired) electrons. The summed E-state index contributed by atoms with van der Waals surface area (Å²) in [6, 6.07) is 0. The number of nitrogens with zero attached hydrogens (tertiary/aromatic N) is 1. The number of hydrogen-bond acceptors (Lipinski definition) is 4. The molecule has 0 aliphatic carbocycles. The monoisotopic (exact) mass is 261 g/mol. The average Bonchev–Trinajstić information content (AvgIpc) is 2.40. The van der Waals surface area contributed by atoms with E-state index in [1.807, 2.05) is 4.90 Å². The average molecular weight is 261 g/mol. The zero-order valence-corrected chi connectivity index (χ0v) is 10.9. The first-order chi connectivity index (χ1) is 7.94. The van der Waals surface area contributed by atoms with Crippen LogP contribution in [0, 0.1) is 0 Å². The minimum Gasteiger partial charge on any atom is -0.478 e. The number of rotatable bonds is 4. The summed E-state index contributed by atoms with van der Waals surface area (Å²) in [4.78, 5) is 12.8. The third-order valence-electron chi connectivity index (χ3n) is 2.90. The predicted molar refractivity (Wildman–Crippen MR) is 65.7 cm³/mol. The van der Waals surface area contributed by atoms with Crippen LogP contribution in [-0.4, -0.2) is 55.5 Å². The summed E-state index contributed by atoms with van der Waals surface area (Å²) >= 11 is 0. The Bertz CT molecular complexity index is 400. The number of sulfone groups is 1. The number of hydrogen-bond donors (Lipinski definition) is 1. The third kappa shape index (κ3) is 4.87. The van der Waals surface area contributed by atoms with Crippen molar-refractivity contribution in [2.75, 3.05) is 31.1 Å². The molecule has 0 aromatic heterocycles. The predicted octanol–water partition coefficient (Wildman–Crippen LogP) is 0.528. The highest BCUT2D eigenvalue weighted by molar-refractivity contribution is 7.91. The lowest BCUT2D eigenvalue weighted by Crippen LogP contribution is -2.27. The summed E-state index contributed by atoms with van der Waals surface area (Å²) < 4.78 is 22.8. The summed E-state index contributed by atoms with van der Waals surface area (Å²) in [7, 11) is -2.89. The first kappa shape index (κ1) is 14.2. The second-order valence-corrected chi connectivity index (χ2v) is 6.50. The van der Waals surface area contributed by atoms with Gasteiger partial charge in [-0.15, -0.1) is 0 Å². The van der Waals surface area contributed by atoms with Crippen molar-refractivity contribution in [2.24, 2.45) is 0 Å². The molecule has 0 bridgehead atoms. The molecule has 0 aromatic carbocycles. The van der Waals surface area contributed by atoms with E-state index in [4.69, 9.17) is 5.11 Å². The highest BCUT2D eigenvalue weighted by Crippen LogP contribution is 2.07. The number of carboxylic acids is 1. The third-order valence-corrected chi connectivity index (χ3v) is 4.61. The molecule has 0 aromatic rings. The lowest BCUT2D eigenvalue weighted by molar-refractivity contribution is -0.132. The van der Waals surface area contributed by atoms with Crippen LogP contribution in [0.2, 0.25) is 0 Å². The van der Waals surface area contributed by atoms with Gasteiger partial charge in [0, 0.05) is 18.7 Å². The molecule has 0 saturated carbocycles. The molecule has 98 valence electrons. The Morgan fingerprint density at radius 3 is 2.65 bits per heavy atom. The molecule has 1 saturated heterocycles. The summed E-state index contributed by atoms with van der Waals surface area (Å²) in [5.74, 6) is -0.475. The molecule has 0 amide bonds. The van der Waals surface area contributed by atoms with Crippen LogP contribution in [0.3, 0.4) is 0 Å². The van der Waals surface area contributed by atoms with Gasteiger partial charge in [-0.25, -0.2) is 13.2 Å². The highest BCUT2D eigenvalue weighted by Gasteiger charge is 2.18. The lowest BCUT2D eigenvalue weighted by Gasteiger charge is -2.17. The van der Waals surface area contributed by atoms with E-state index in [1.165, 1.54) is 0 Å². The van der Waals surface area contributed by atoms with Crippen molar-refractivity contribution in [3.8, 4) is 0 Å². The highest BCUT2D eigenvalue weighted by atomic mass is 32.2. The van der Waals surface area contributed by atoms with E-state index in [9.17, 15) is 13.2 Å². The molecule has 1 aliphatic rings. The molecule has 0 spiro atoms. The Morgan fingerprint density at radius 2 is 2.06 bits per heavy atom. The summed E-state index contributed by atoms with van der Waals surface area (Å²) in [5, 5.41) is 8.86. The van der Waals surface area contributed by atoms with Crippen LogP contribution in [0.4, 0.5) is 0 Å². The SMILES string of the molecule is CCC(=CCN1CCCS(=O)(=O)CC1)C(=O)O. The van der Waals surface area contributed by atoms with Gasteiger partial charge in [-0.3, -0.25) is 4.90 Å². The normalized spacial score (nSPS) is 22.1. The molecule has 1 N–H and O–H groups in total. The van der Waals surface area contributed by atoms with E-state index in [2.05, 4.69) is 0 Å². The van der Waals surface area contributed by atoms with Crippen LogP contribution in [0.5, 0.6) is 0 Å². The van der Waals surface area contributed by atoms with Gasteiger partial charge in [0.15, 0.2) is 9.84 Å². The van der Waals surface area contributed by atoms with E-state index in [0.717, 1.165) is 0 Å². The molecular formula is C11H19NO4S. The second-order valence-electron chi connectivity index (χ2n) is 4.19. The zero-order chi connectivity index (χ0) is 12.9. The topological polar surface area (TPSA) is 74.7 Å². The number of carboxylic acid groups (broad SMARTS) is 1. The van der Waals surface area contributed by atoms with Gasteiger partial charge in [0.1, 0.15) is 0 Å². The van der Waals surface area contributed by atoms with Gasteiger partial charge in [-0.05, 0) is 19.4 Å². The molecule has 1 rings (SSSR count). The first-order valence-electron chi connectivity index (χ1n) is 5.79. The van der Waals surface area contributed by atoms with Crippen molar-refractivity contribution in [1.29, 1.82) is 0 Å². The fourth-order valence-corrected chi connectivity index (χ4v) is 3.10. The van der Waals surface area contributed by atoms with E-state index in [1.54, 1.807) is 13.0 Å². The summed E-state index contributed by atoms with van der Waals surface area (Å²) in [5.41, 5.74) is 0.386. The molecule has 6 heteroatoms. The first-order valence-corrected chi connectivity index (χ1v) is 7.62. The van der Waals surface area contributed by atoms with Crippen molar-refractivity contribution in [3.63, 3.8) is 0 Å².